The van der Waals surface area contributed by atoms with E-state index < -0.39 is 149 Å². The van der Waals surface area contributed by atoms with Gasteiger partial charge in [-0.3, -0.25) is 4.79 Å². The molecule has 3 saturated heterocycles. The first-order chi connectivity index (χ1) is 21.1. The molecule has 3 aliphatic rings. The summed E-state index contributed by atoms with van der Waals surface area (Å²) in [5.41, 5.74) is 0. The molecule has 0 aromatic heterocycles. The lowest BCUT2D eigenvalue weighted by molar-refractivity contribution is -0.363. The summed E-state index contributed by atoms with van der Waals surface area (Å²) in [6.07, 6.45) is -22.8. The topological polar surface area (TPSA) is 356 Å². The molecule has 0 aliphatic carbocycles. The molecule has 3 aliphatic heterocycles. The second kappa shape index (κ2) is 15.4. The summed E-state index contributed by atoms with van der Waals surface area (Å²) < 4.78 is 32.8. The fourth-order valence-corrected chi connectivity index (χ4v) is 5.10. The largest absolute Gasteiger partial charge is 0.394 e. The highest BCUT2D eigenvalue weighted by Gasteiger charge is 2.63. The zero-order valence-corrected chi connectivity index (χ0v) is 23.7. The van der Waals surface area contributed by atoms with E-state index in [-0.39, 0.29) is 0 Å². The fraction of sp³-hybridized carbons (Fsp3) is 0.958. The highest BCUT2D eigenvalue weighted by molar-refractivity contribution is 5.84. The third kappa shape index (κ3) is 7.33. The lowest BCUT2D eigenvalue weighted by Gasteiger charge is -2.40. The number of aliphatic hydroxyl groups excluding tert-OH is 14. The maximum atomic E-state index is 12.5. The molecule has 0 bridgehead atoms. The molecule has 14 N–H and O–H groups in total. The van der Waals surface area contributed by atoms with Crippen molar-refractivity contribution < 1.29 is 105 Å². The average Bonchev–Trinajstić information content (AvgIpc) is 3.56. The van der Waals surface area contributed by atoms with Crippen molar-refractivity contribution in [2.75, 3.05) is 52.9 Å². The van der Waals surface area contributed by atoms with Crippen molar-refractivity contribution in [1.82, 2.24) is 0 Å². The second-order valence-electron chi connectivity index (χ2n) is 10.9. The molecule has 21 nitrogen and oxygen atoms in total. The second-order valence-corrected chi connectivity index (χ2v) is 10.9. The van der Waals surface area contributed by atoms with E-state index in [0.717, 1.165) is 0 Å². The molecule has 3 heterocycles. The van der Waals surface area contributed by atoms with Gasteiger partial charge in [0.1, 0.15) is 99.7 Å². The van der Waals surface area contributed by atoms with Gasteiger partial charge in [-0.1, -0.05) is 0 Å². The Morgan fingerprint density at radius 2 is 1.00 bits per heavy atom. The van der Waals surface area contributed by atoms with Crippen molar-refractivity contribution in [1.29, 1.82) is 0 Å². The molecule has 264 valence electrons. The van der Waals surface area contributed by atoms with Crippen LogP contribution in [-0.2, 0) is 33.2 Å². The number of hydrogen-bond donors (Lipinski definition) is 14. The number of carbonyl (C=O) groups is 1. The Morgan fingerprint density at radius 3 is 1.38 bits per heavy atom. The van der Waals surface area contributed by atoms with E-state index in [1.165, 1.54) is 0 Å². The number of carbonyl (C=O) groups excluding carboxylic acids is 1. The third-order valence-electron chi connectivity index (χ3n) is 8.01. The van der Waals surface area contributed by atoms with Gasteiger partial charge in [0.15, 0.2) is 5.78 Å². The van der Waals surface area contributed by atoms with Crippen LogP contribution in [0.3, 0.4) is 0 Å². The molecule has 21 heteroatoms. The summed E-state index contributed by atoms with van der Waals surface area (Å²) in [5, 5.41) is 140. The van der Waals surface area contributed by atoms with Gasteiger partial charge in [-0.25, -0.2) is 0 Å². The normalized spacial score (nSPS) is 43.9. The van der Waals surface area contributed by atoms with Crippen LogP contribution in [-0.4, -0.2) is 221 Å². The zero-order chi connectivity index (χ0) is 33.9. The Labute approximate surface area is 254 Å². The van der Waals surface area contributed by atoms with Crippen LogP contribution < -0.4 is 0 Å². The van der Waals surface area contributed by atoms with Crippen molar-refractivity contribution in [3.05, 3.63) is 0 Å². The van der Waals surface area contributed by atoms with Crippen LogP contribution in [0.2, 0.25) is 0 Å². The molecule has 0 radical (unpaired) electrons. The maximum Gasteiger partial charge on any atom is 0.222 e. The van der Waals surface area contributed by atoms with Gasteiger partial charge in [-0.2, -0.15) is 0 Å². The van der Waals surface area contributed by atoms with E-state index in [9.17, 15) is 71.2 Å². The van der Waals surface area contributed by atoms with Crippen LogP contribution in [0.1, 0.15) is 0 Å². The van der Waals surface area contributed by atoms with Gasteiger partial charge in [-0.15, -0.1) is 0 Å². The Morgan fingerprint density at radius 1 is 0.622 bits per heavy atom. The van der Waals surface area contributed by atoms with Gasteiger partial charge in [-0.05, 0) is 0 Å². The van der Waals surface area contributed by atoms with Crippen LogP contribution in [0.15, 0.2) is 0 Å². The fourth-order valence-electron chi connectivity index (χ4n) is 5.10. The third-order valence-corrected chi connectivity index (χ3v) is 8.01. The summed E-state index contributed by atoms with van der Waals surface area (Å²) in [4.78, 5) is 12.5. The summed E-state index contributed by atoms with van der Waals surface area (Å²) >= 11 is 0. The first-order valence-electron chi connectivity index (χ1n) is 13.8. The molecule has 0 aromatic rings. The van der Waals surface area contributed by atoms with Crippen LogP contribution in [0.5, 0.6) is 0 Å². The Hall–Kier alpha value is -1.13. The smallest absolute Gasteiger partial charge is 0.222 e. The van der Waals surface area contributed by atoms with Crippen molar-refractivity contribution in [2.45, 2.75) is 90.6 Å². The highest BCUT2D eigenvalue weighted by Crippen LogP contribution is 2.40. The number of hydrogen-bond acceptors (Lipinski definition) is 21. The number of aliphatic hydroxyl groups is 14. The summed E-state index contributed by atoms with van der Waals surface area (Å²) in [7, 11) is 0. The molecule has 0 unspecified atom stereocenters. The SMILES string of the molecule is O=C(CO[C@]1(CO[C@]2(CO[C@]3(CO)O[C@H](CO)[C@@H](O)[C@@H]3O)O[C@H](CO)[C@@H](O)[C@@H]2O)O[C@H](CO)[C@@H](O)[C@@H]1O)[C@@H](O)[C@H](O)[C@H](O)CO. The van der Waals surface area contributed by atoms with Crippen LogP contribution in [0, 0.1) is 0 Å². The number of Topliss-reactive ketones (excluding diaryl/α,β-unsaturated/α-hetero) is 1. The monoisotopic (exact) mass is 666 g/mol. The molecule has 3 rings (SSSR count). The molecular weight excluding hydrogens is 624 g/mol. The average molecular weight is 667 g/mol. The van der Waals surface area contributed by atoms with Crippen LogP contribution >= 0.6 is 0 Å². The predicted octanol–water partition coefficient (Wildman–Crippen LogP) is -9.90. The van der Waals surface area contributed by atoms with Gasteiger partial charge < -0.3 is 99.9 Å². The highest BCUT2D eigenvalue weighted by atomic mass is 16.8. The molecule has 0 amide bonds. The molecule has 3 fully saturated rings. The number of ether oxygens (including phenoxy) is 6. The summed E-state index contributed by atoms with van der Waals surface area (Å²) in [6, 6.07) is 0. The van der Waals surface area contributed by atoms with Crippen molar-refractivity contribution in [2.24, 2.45) is 0 Å². The van der Waals surface area contributed by atoms with E-state index in [2.05, 4.69) is 0 Å². The van der Waals surface area contributed by atoms with Gasteiger partial charge in [0.25, 0.3) is 0 Å². The summed E-state index contributed by atoms with van der Waals surface area (Å²) in [6.45, 7) is -8.27. The number of rotatable bonds is 17. The van der Waals surface area contributed by atoms with E-state index in [4.69, 9.17) is 33.5 Å². The maximum absolute atomic E-state index is 12.5. The van der Waals surface area contributed by atoms with Crippen LogP contribution in [0.4, 0.5) is 0 Å². The van der Waals surface area contributed by atoms with Gasteiger partial charge >= 0.3 is 0 Å². The van der Waals surface area contributed by atoms with E-state index in [0.29, 0.717) is 0 Å². The molecule has 0 saturated carbocycles. The van der Waals surface area contributed by atoms with Crippen molar-refractivity contribution >= 4 is 5.78 Å². The zero-order valence-electron chi connectivity index (χ0n) is 23.7. The summed E-state index contributed by atoms with van der Waals surface area (Å²) in [5.74, 6) is -9.04. The first-order valence-corrected chi connectivity index (χ1v) is 13.8. The quantitative estimate of drug-likeness (QED) is 0.0685. The van der Waals surface area contributed by atoms with Crippen molar-refractivity contribution in [3.8, 4) is 0 Å². The molecule has 45 heavy (non-hydrogen) atoms. The lowest BCUT2D eigenvalue weighted by Crippen LogP contribution is -2.58. The minimum Gasteiger partial charge on any atom is -0.394 e. The minimum absolute atomic E-state index is 0.817. The molecule has 0 spiro atoms. The Balaban J connectivity index is 1.89. The molecule has 15 atom stereocenters. The van der Waals surface area contributed by atoms with Crippen molar-refractivity contribution in [3.63, 3.8) is 0 Å². The standard InChI is InChI=1S/C24H42O21/c25-1-9(30)14(32)15(33)10(31)5-40-23(20(38)17(35)12(3-27)44-23)7-42-24(21(39)18(36)13(4-28)45-24)8-41-22(6-29)19(37)16(34)11(2-26)43-22/h9,11-21,25-30,32-39H,1-8H2/t9-,11-,12-,13-,14-,15-,16-,17-,18-,19+,20+,21+,22-,23-,24-/m1/s1. The molecule has 0 aromatic carbocycles. The molecular formula is C24H42O21. The van der Waals surface area contributed by atoms with E-state index in [1.807, 2.05) is 0 Å². The predicted molar refractivity (Wildman–Crippen MR) is 135 cm³/mol. The lowest BCUT2D eigenvalue weighted by atomic mass is 10.0. The Kier molecular flexibility index (Phi) is 13.1. The number of ketones is 1. The van der Waals surface area contributed by atoms with Gasteiger partial charge in [0.05, 0.1) is 26.4 Å². The van der Waals surface area contributed by atoms with Gasteiger partial charge in [0.2, 0.25) is 17.4 Å². The van der Waals surface area contributed by atoms with Gasteiger partial charge in [0, 0.05) is 0 Å². The Bertz CT molecular complexity index is 960. The first kappa shape index (κ1) is 38.3. The van der Waals surface area contributed by atoms with E-state index in [1.54, 1.807) is 0 Å². The van der Waals surface area contributed by atoms with Crippen LogP contribution in [0.25, 0.3) is 0 Å². The minimum atomic E-state index is -2.64. The van der Waals surface area contributed by atoms with E-state index >= 15 is 0 Å².